The minimum Gasteiger partial charge on any atom is -0.277 e. The molecule has 54 valence electrons. The fraction of sp³-hybridized carbons (Fsp3) is 0. The van der Waals surface area contributed by atoms with Gasteiger partial charge in [-0.25, -0.2) is 0 Å². The molecule has 0 N–H and O–H groups in total. The van der Waals surface area contributed by atoms with Gasteiger partial charge in [0.1, 0.15) is 0 Å². The van der Waals surface area contributed by atoms with Gasteiger partial charge in [0, 0.05) is 0 Å². The van der Waals surface area contributed by atoms with Gasteiger partial charge in [0.05, 0.1) is 5.56 Å². The average molecular weight is 199 g/mol. The number of benzene rings is 1. The topological polar surface area (TPSA) is 17.1 Å². The molecule has 1 aromatic carbocycles. The molecule has 0 saturated carbocycles. The highest BCUT2D eigenvalue weighted by molar-refractivity contribution is 8.73. The van der Waals surface area contributed by atoms with Gasteiger partial charge in [-0.3, -0.25) is 4.79 Å². The zero-order chi connectivity index (χ0) is 7.84. The molecule has 1 nitrogen and oxygen atoms in total. The van der Waals surface area contributed by atoms with Crippen LogP contribution in [0.25, 0.3) is 0 Å². The molecule has 1 unspecified atom stereocenters. The monoisotopic (exact) mass is 199 g/mol. The van der Waals surface area contributed by atoms with Crippen molar-refractivity contribution in [3.63, 3.8) is 0 Å². The lowest BCUT2D eigenvalue weighted by Crippen LogP contribution is -1.99. The second-order valence-electron chi connectivity index (χ2n) is 2.15. The van der Waals surface area contributed by atoms with Crippen LogP contribution >= 0.6 is 17.3 Å². The maximum atomic E-state index is 11.2. The van der Waals surface area contributed by atoms with Crippen LogP contribution in [0.2, 0.25) is 0 Å². The molecular weight excluding hydrogens is 195 g/mol. The standard InChI is InChI=1S/C7H4OPS2/c8-7-5-3-1-2-4-6(5)9(10)11-7/h1-4H/q+1. The molecule has 11 heavy (non-hydrogen) atoms. The van der Waals surface area contributed by atoms with Crippen molar-refractivity contribution in [1.29, 1.82) is 0 Å². The molecule has 1 heterocycles. The summed E-state index contributed by atoms with van der Waals surface area (Å²) in [5, 5.41) is 1.20. The second kappa shape index (κ2) is 2.67. The summed E-state index contributed by atoms with van der Waals surface area (Å²) >= 11 is 6.43. The molecule has 0 radical (unpaired) electrons. The van der Waals surface area contributed by atoms with E-state index in [0.717, 1.165) is 10.9 Å². The van der Waals surface area contributed by atoms with Gasteiger partial charge in [-0.2, -0.15) is 0 Å². The molecule has 0 aliphatic carbocycles. The minimum atomic E-state index is -0.670. The number of hydrogen-bond acceptors (Lipinski definition) is 3. The van der Waals surface area contributed by atoms with E-state index in [-0.39, 0.29) is 5.12 Å². The highest BCUT2D eigenvalue weighted by Crippen LogP contribution is 2.46. The SMILES string of the molecule is O=C1S[P+](=S)c2ccccc21. The first-order valence-electron chi connectivity index (χ1n) is 3.07. The van der Waals surface area contributed by atoms with E-state index in [1.54, 1.807) is 0 Å². The van der Waals surface area contributed by atoms with Gasteiger partial charge in [-0.05, 0) is 12.1 Å². The van der Waals surface area contributed by atoms with Gasteiger partial charge >= 0.3 is 0 Å². The molecule has 0 fully saturated rings. The van der Waals surface area contributed by atoms with E-state index in [4.69, 9.17) is 11.8 Å². The third-order valence-corrected chi connectivity index (χ3v) is 5.67. The van der Waals surface area contributed by atoms with Crippen molar-refractivity contribution < 1.29 is 4.79 Å². The molecule has 1 aromatic rings. The summed E-state index contributed by atoms with van der Waals surface area (Å²) in [6, 6.07) is 7.60. The Bertz CT molecular complexity index is 315. The zero-order valence-corrected chi connectivity index (χ0v) is 8.01. The van der Waals surface area contributed by atoms with Crippen LogP contribution in [-0.2, 0) is 11.8 Å². The summed E-state index contributed by atoms with van der Waals surface area (Å²) < 4.78 is 0. The first kappa shape index (κ1) is 7.41. The second-order valence-corrected chi connectivity index (χ2v) is 7.13. The normalized spacial score (nSPS) is 18.5. The lowest BCUT2D eigenvalue weighted by Gasteiger charge is -1.83. The van der Waals surface area contributed by atoms with Crippen LogP contribution in [0.15, 0.2) is 24.3 Å². The molecule has 2 rings (SSSR count). The lowest BCUT2D eigenvalue weighted by molar-refractivity contribution is 0.109. The van der Waals surface area contributed by atoms with Gasteiger partial charge in [0.25, 0.3) is 11.0 Å². The van der Waals surface area contributed by atoms with Crippen LogP contribution in [0, 0.1) is 0 Å². The van der Waals surface area contributed by atoms with E-state index < -0.39 is 5.90 Å². The third kappa shape index (κ3) is 1.13. The molecule has 0 amide bonds. The summed E-state index contributed by atoms with van der Waals surface area (Å²) in [5.74, 6) is -0.670. The number of hydrogen-bond donors (Lipinski definition) is 0. The molecule has 1 aliphatic rings. The van der Waals surface area contributed by atoms with Crippen LogP contribution in [0.1, 0.15) is 10.4 Å². The summed E-state index contributed by atoms with van der Waals surface area (Å²) in [4.78, 5) is 11.2. The molecular formula is C7H4OPS2+. The van der Waals surface area contributed by atoms with Crippen molar-refractivity contribution in [3.8, 4) is 0 Å². The first-order valence-corrected chi connectivity index (χ1v) is 6.85. The number of fused-ring (bicyclic) bond motifs is 1. The minimum absolute atomic E-state index is 0.140. The van der Waals surface area contributed by atoms with Crippen LogP contribution in [-0.4, -0.2) is 5.12 Å². The molecule has 4 heteroatoms. The first-order chi connectivity index (χ1) is 5.29. The van der Waals surface area contributed by atoms with Crippen molar-refractivity contribution in [2.75, 3.05) is 0 Å². The molecule has 1 atom stereocenters. The predicted molar refractivity (Wildman–Crippen MR) is 52.3 cm³/mol. The quantitative estimate of drug-likeness (QED) is 0.595. The Balaban J connectivity index is 2.69. The highest BCUT2D eigenvalue weighted by atomic mass is 32.9. The van der Waals surface area contributed by atoms with Crippen LogP contribution in [0.3, 0.4) is 0 Å². The van der Waals surface area contributed by atoms with Crippen molar-refractivity contribution in [1.82, 2.24) is 0 Å². The van der Waals surface area contributed by atoms with Crippen molar-refractivity contribution in [3.05, 3.63) is 29.8 Å². The Morgan fingerprint density at radius 2 is 2.09 bits per heavy atom. The Morgan fingerprint density at radius 3 is 2.82 bits per heavy atom. The smallest absolute Gasteiger partial charge is 0.277 e. The van der Waals surface area contributed by atoms with E-state index in [0.29, 0.717) is 0 Å². The van der Waals surface area contributed by atoms with Crippen molar-refractivity contribution >= 4 is 39.5 Å². The van der Waals surface area contributed by atoms with E-state index >= 15 is 0 Å². The largest absolute Gasteiger partial charge is 0.292 e. The van der Waals surface area contributed by atoms with E-state index in [1.807, 2.05) is 24.3 Å². The van der Waals surface area contributed by atoms with Crippen molar-refractivity contribution in [2.24, 2.45) is 0 Å². The fourth-order valence-corrected chi connectivity index (χ4v) is 4.77. The summed E-state index contributed by atoms with van der Waals surface area (Å²) in [5.41, 5.74) is 0.818. The Hall–Kier alpha value is -0.240. The van der Waals surface area contributed by atoms with Gasteiger partial charge in [-0.15, -0.1) is 0 Å². The fourth-order valence-electron chi connectivity index (χ4n) is 0.979. The summed E-state index contributed by atoms with van der Waals surface area (Å²) in [6.07, 6.45) is 0. The summed E-state index contributed by atoms with van der Waals surface area (Å²) in [6.45, 7) is 0. The average Bonchev–Trinajstić information content (AvgIpc) is 2.30. The Labute approximate surface area is 74.4 Å². The number of carbonyl (C=O) groups is 1. The van der Waals surface area contributed by atoms with E-state index in [1.165, 1.54) is 11.4 Å². The highest BCUT2D eigenvalue weighted by Gasteiger charge is 2.36. The molecule has 0 spiro atoms. The molecule has 0 saturated heterocycles. The number of carbonyl (C=O) groups excluding carboxylic acids is 1. The maximum Gasteiger partial charge on any atom is 0.292 e. The maximum absolute atomic E-state index is 11.2. The molecule has 0 bridgehead atoms. The zero-order valence-electron chi connectivity index (χ0n) is 5.48. The van der Waals surface area contributed by atoms with Gasteiger partial charge in [0.2, 0.25) is 0 Å². The van der Waals surface area contributed by atoms with Gasteiger partial charge < -0.3 is 0 Å². The van der Waals surface area contributed by atoms with Crippen molar-refractivity contribution in [2.45, 2.75) is 0 Å². The Kier molecular flexibility index (Phi) is 1.80. The molecule has 1 aliphatic heterocycles. The van der Waals surface area contributed by atoms with Gasteiger partial charge in [-0.1, -0.05) is 12.1 Å². The number of rotatable bonds is 0. The lowest BCUT2D eigenvalue weighted by atomic mass is 10.2. The van der Waals surface area contributed by atoms with E-state index in [2.05, 4.69) is 0 Å². The Morgan fingerprint density at radius 1 is 1.36 bits per heavy atom. The van der Waals surface area contributed by atoms with Gasteiger partial charge in [0.15, 0.2) is 28.5 Å². The molecule has 0 aromatic heterocycles. The van der Waals surface area contributed by atoms with Crippen LogP contribution in [0.5, 0.6) is 0 Å². The third-order valence-electron chi connectivity index (χ3n) is 1.49. The van der Waals surface area contributed by atoms with E-state index in [9.17, 15) is 4.79 Å². The predicted octanol–water partition coefficient (Wildman–Crippen LogP) is 2.06. The summed E-state index contributed by atoms with van der Waals surface area (Å²) in [7, 11) is 0. The van der Waals surface area contributed by atoms with Crippen LogP contribution in [0.4, 0.5) is 0 Å². The van der Waals surface area contributed by atoms with Crippen LogP contribution < -0.4 is 5.30 Å².